The molecule has 2 aromatic carbocycles. The number of hydrogen-bond donors (Lipinski definition) is 1. The predicted octanol–water partition coefficient (Wildman–Crippen LogP) is 4.29. The molecule has 1 aliphatic heterocycles. The highest BCUT2D eigenvalue weighted by atomic mass is 32.2. The molecule has 37 heavy (non-hydrogen) atoms. The normalized spacial score (nSPS) is 13.8. The first-order valence-electron chi connectivity index (χ1n) is 12.1. The van der Waals surface area contributed by atoms with E-state index in [9.17, 15) is 18.0 Å². The Balaban J connectivity index is 1.58. The highest BCUT2D eigenvalue weighted by Crippen LogP contribution is 2.38. The Kier molecular flexibility index (Phi) is 7.72. The van der Waals surface area contributed by atoms with Gasteiger partial charge in [0.1, 0.15) is 5.00 Å². The molecule has 10 heteroatoms. The van der Waals surface area contributed by atoms with Crippen molar-refractivity contribution in [3.8, 4) is 0 Å². The van der Waals surface area contributed by atoms with Crippen molar-refractivity contribution in [2.24, 2.45) is 0 Å². The lowest BCUT2D eigenvalue weighted by atomic mass is 10.0. The van der Waals surface area contributed by atoms with Crippen molar-refractivity contribution in [1.82, 2.24) is 9.80 Å². The second-order valence-electron chi connectivity index (χ2n) is 9.51. The van der Waals surface area contributed by atoms with Crippen LogP contribution >= 0.6 is 11.3 Å². The third kappa shape index (κ3) is 5.41. The molecule has 4 rings (SSSR count). The fourth-order valence-electron chi connectivity index (χ4n) is 4.29. The van der Waals surface area contributed by atoms with E-state index in [1.165, 1.54) is 51.9 Å². The van der Waals surface area contributed by atoms with Crippen LogP contribution in [0, 0.1) is 0 Å². The molecule has 2 amide bonds. The lowest BCUT2D eigenvalue weighted by Crippen LogP contribution is -2.36. The molecular formula is C27H32N4O4S2. The van der Waals surface area contributed by atoms with Crippen LogP contribution in [0.25, 0.3) is 0 Å². The SMILES string of the molecule is CC(C)N1CCc2c(sc(NC(=O)c3ccc(S(=O)(=O)N(C)c4ccccc4)cc3)c2C(=O)N(C)C)C1. The summed E-state index contributed by atoms with van der Waals surface area (Å²) in [5.74, 6) is -0.538. The smallest absolute Gasteiger partial charge is 0.264 e. The Bertz CT molecular complexity index is 1400. The Labute approximate surface area is 222 Å². The van der Waals surface area contributed by atoms with Gasteiger partial charge >= 0.3 is 0 Å². The van der Waals surface area contributed by atoms with E-state index in [0.717, 1.165) is 30.0 Å². The molecule has 0 bridgehead atoms. The minimum Gasteiger partial charge on any atom is -0.345 e. The second kappa shape index (κ2) is 10.6. The van der Waals surface area contributed by atoms with Gasteiger partial charge in [-0.15, -0.1) is 11.3 Å². The summed E-state index contributed by atoms with van der Waals surface area (Å²) < 4.78 is 27.3. The molecule has 0 aliphatic carbocycles. The number of hydrogen-bond acceptors (Lipinski definition) is 6. The van der Waals surface area contributed by atoms with Gasteiger partial charge in [0, 0.05) is 50.7 Å². The Hall–Kier alpha value is -3.21. The van der Waals surface area contributed by atoms with Crippen LogP contribution in [0.4, 0.5) is 10.7 Å². The first-order chi connectivity index (χ1) is 17.5. The lowest BCUT2D eigenvalue weighted by Gasteiger charge is -2.30. The highest BCUT2D eigenvalue weighted by Gasteiger charge is 2.30. The van der Waals surface area contributed by atoms with E-state index in [4.69, 9.17) is 0 Å². The molecule has 0 saturated heterocycles. The van der Waals surface area contributed by atoms with Crippen LogP contribution in [-0.4, -0.2) is 63.8 Å². The molecule has 1 N–H and O–H groups in total. The maximum Gasteiger partial charge on any atom is 0.264 e. The average molecular weight is 541 g/mol. The zero-order valence-corrected chi connectivity index (χ0v) is 23.3. The summed E-state index contributed by atoms with van der Waals surface area (Å²) in [5, 5.41) is 3.45. The van der Waals surface area contributed by atoms with Crippen molar-refractivity contribution >= 4 is 43.9 Å². The molecule has 2 heterocycles. The quantitative estimate of drug-likeness (QED) is 0.483. The van der Waals surface area contributed by atoms with Crippen molar-refractivity contribution in [2.45, 2.75) is 37.8 Å². The van der Waals surface area contributed by atoms with Gasteiger partial charge in [0.25, 0.3) is 21.8 Å². The Morgan fingerprint density at radius 2 is 1.65 bits per heavy atom. The summed E-state index contributed by atoms with van der Waals surface area (Å²) in [6.07, 6.45) is 0.746. The van der Waals surface area contributed by atoms with Crippen LogP contribution in [0.5, 0.6) is 0 Å². The number of fused-ring (bicyclic) bond motifs is 1. The summed E-state index contributed by atoms with van der Waals surface area (Å²) in [5.41, 5.74) is 2.39. The van der Waals surface area contributed by atoms with Gasteiger partial charge in [-0.1, -0.05) is 18.2 Å². The van der Waals surface area contributed by atoms with Gasteiger partial charge in [-0.25, -0.2) is 8.42 Å². The van der Waals surface area contributed by atoms with Gasteiger partial charge in [-0.2, -0.15) is 0 Å². The van der Waals surface area contributed by atoms with Crippen LogP contribution in [0.1, 0.15) is 45.0 Å². The summed E-state index contributed by atoms with van der Waals surface area (Å²) in [6.45, 7) is 5.89. The first kappa shape index (κ1) is 26.8. The van der Waals surface area contributed by atoms with Crippen molar-refractivity contribution in [2.75, 3.05) is 37.3 Å². The van der Waals surface area contributed by atoms with Crippen molar-refractivity contribution in [1.29, 1.82) is 0 Å². The van der Waals surface area contributed by atoms with E-state index in [0.29, 0.717) is 27.9 Å². The van der Waals surface area contributed by atoms with Gasteiger partial charge in [0.2, 0.25) is 0 Å². The molecular weight excluding hydrogens is 508 g/mol. The topological polar surface area (TPSA) is 90.0 Å². The third-order valence-electron chi connectivity index (χ3n) is 6.56. The molecule has 0 spiro atoms. The Morgan fingerprint density at radius 1 is 1.00 bits per heavy atom. The largest absolute Gasteiger partial charge is 0.345 e. The minimum atomic E-state index is -3.79. The molecule has 3 aromatic rings. The number of nitrogens with zero attached hydrogens (tertiary/aromatic N) is 3. The maximum atomic E-state index is 13.2. The molecule has 0 unspecified atom stereocenters. The van der Waals surface area contributed by atoms with Crippen molar-refractivity contribution in [3.05, 3.63) is 76.2 Å². The van der Waals surface area contributed by atoms with E-state index >= 15 is 0 Å². The van der Waals surface area contributed by atoms with E-state index in [1.807, 2.05) is 6.07 Å². The number of anilines is 2. The fourth-order valence-corrected chi connectivity index (χ4v) is 6.75. The van der Waals surface area contributed by atoms with Crippen LogP contribution in [-0.2, 0) is 23.0 Å². The monoisotopic (exact) mass is 540 g/mol. The van der Waals surface area contributed by atoms with Gasteiger partial charge in [0.05, 0.1) is 16.1 Å². The zero-order chi connectivity index (χ0) is 26.9. The third-order valence-corrected chi connectivity index (χ3v) is 9.49. The van der Waals surface area contributed by atoms with Crippen LogP contribution in [0.3, 0.4) is 0 Å². The van der Waals surface area contributed by atoms with Crippen LogP contribution in [0.2, 0.25) is 0 Å². The van der Waals surface area contributed by atoms with E-state index in [-0.39, 0.29) is 10.8 Å². The second-order valence-corrected chi connectivity index (χ2v) is 12.6. The molecule has 0 fully saturated rings. The fraction of sp³-hybridized carbons (Fsp3) is 0.333. The number of carbonyl (C=O) groups is 2. The molecule has 0 saturated carbocycles. The highest BCUT2D eigenvalue weighted by molar-refractivity contribution is 7.92. The number of carbonyl (C=O) groups excluding carboxylic acids is 2. The number of nitrogens with one attached hydrogen (secondary N) is 1. The molecule has 8 nitrogen and oxygen atoms in total. The molecule has 196 valence electrons. The summed E-state index contributed by atoms with van der Waals surface area (Å²) in [6, 6.07) is 15.0. The van der Waals surface area contributed by atoms with E-state index < -0.39 is 15.9 Å². The van der Waals surface area contributed by atoms with Gasteiger partial charge in [0.15, 0.2) is 0 Å². The number of benzene rings is 2. The summed E-state index contributed by atoms with van der Waals surface area (Å²) in [7, 11) is 1.11. The summed E-state index contributed by atoms with van der Waals surface area (Å²) in [4.78, 5) is 31.3. The number of para-hydroxylation sites is 1. The zero-order valence-electron chi connectivity index (χ0n) is 21.7. The van der Waals surface area contributed by atoms with Gasteiger partial charge in [-0.3, -0.25) is 18.8 Å². The molecule has 0 atom stereocenters. The van der Waals surface area contributed by atoms with Crippen molar-refractivity contribution < 1.29 is 18.0 Å². The maximum absolute atomic E-state index is 13.2. The number of amides is 2. The Morgan fingerprint density at radius 3 is 2.24 bits per heavy atom. The average Bonchev–Trinajstić information content (AvgIpc) is 3.24. The minimum absolute atomic E-state index is 0.0826. The van der Waals surface area contributed by atoms with E-state index in [1.54, 1.807) is 38.4 Å². The summed E-state index contributed by atoms with van der Waals surface area (Å²) >= 11 is 1.44. The number of thiophene rings is 1. The number of rotatable bonds is 7. The van der Waals surface area contributed by atoms with E-state index in [2.05, 4.69) is 24.1 Å². The number of sulfonamides is 1. The van der Waals surface area contributed by atoms with Gasteiger partial charge < -0.3 is 10.2 Å². The van der Waals surface area contributed by atoms with Crippen molar-refractivity contribution in [3.63, 3.8) is 0 Å². The molecule has 1 aromatic heterocycles. The molecule has 0 radical (unpaired) electrons. The standard InChI is InChI=1S/C27H32N4O4S2/c1-18(2)31-16-15-22-23(17-31)36-26(24(22)27(33)29(3)4)28-25(32)19-11-13-21(14-12-19)37(34,35)30(5)20-9-7-6-8-10-20/h6-14,18H,15-17H2,1-5H3,(H,28,32). The predicted molar refractivity (Wildman–Crippen MR) is 148 cm³/mol. The van der Waals surface area contributed by atoms with Crippen LogP contribution < -0.4 is 9.62 Å². The van der Waals surface area contributed by atoms with Crippen LogP contribution in [0.15, 0.2) is 59.5 Å². The van der Waals surface area contributed by atoms with Gasteiger partial charge in [-0.05, 0) is 62.2 Å². The lowest BCUT2D eigenvalue weighted by molar-refractivity contribution is 0.0827. The molecule has 1 aliphatic rings. The first-order valence-corrected chi connectivity index (χ1v) is 14.3.